The zero-order valence-corrected chi connectivity index (χ0v) is 7.85. The van der Waals surface area contributed by atoms with Gasteiger partial charge in [0.25, 0.3) is 0 Å². The minimum absolute atomic E-state index is 0.980. The van der Waals surface area contributed by atoms with Crippen LogP contribution >= 0.6 is 19.9 Å². The first-order valence-corrected chi connectivity index (χ1v) is 8.19. The van der Waals surface area contributed by atoms with Crippen molar-refractivity contribution >= 4 is 37.0 Å². The molecule has 0 N–H and O–H groups in total. The fourth-order valence-electron chi connectivity index (χ4n) is 0.454. The van der Waals surface area contributed by atoms with E-state index in [9.17, 15) is 0 Å². The van der Waals surface area contributed by atoms with Crippen LogP contribution in [0.4, 0.5) is 0 Å². The third kappa shape index (κ3) is 2.17. The molecular formula is C5H4AsCl2N. The quantitative estimate of drug-likeness (QED) is 0.654. The minimum atomic E-state index is -1.71. The Bertz CT molecular complexity index is 178. The number of aromatic nitrogens is 1. The van der Waals surface area contributed by atoms with Gasteiger partial charge < -0.3 is 0 Å². The van der Waals surface area contributed by atoms with Crippen molar-refractivity contribution in [1.29, 1.82) is 0 Å². The summed E-state index contributed by atoms with van der Waals surface area (Å²) in [6.07, 6.45) is 3.41. The maximum absolute atomic E-state index is 5.67. The normalized spacial score (nSPS) is 10.1. The first kappa shape index (κ1) is 7.40. The molecule has 0 aromatic carbocycles. The van der Waals surface area contributed by atoms with Crippen molar-refractivity contribution in [2.75, 3.05) is 0 Å². The molecule has 0 bridgehead atoms. The SMILES string of the molecule is Cl[As](Cl)c1cccnc1. The van der Waals surface area contributed by atoms with Crippen LogP contribution in [-0.2, 0) is 0 Å². The topological polar surface area (TPSA) is 12.9 Å². The van der Waals surface area contributed by atoms with Gasteiger partial charge in [0.05, 0.1) is 0 Å². The van der Waals surface area contributed by atoms with Crippen molar-refractivity contribution in [3.05, 3.63) is 24.5 Å². The Kier molecular flexibility index (Phi) is 2.84. The number of halogens is 2. The Hall–Kier alpha value is 0.288. The predicted molar refractivity (Wildman–Crippen MR) is 41.3 cm³/mol. The molecule has 0 spiro atoms. The van der Waals surface area contributed by atoms with E-state index in [1.54, 1.807) is 12.4 Å². The van der Waals surface area contributed by atoms with Gasteiger partial charge in [-0.05, 0) is 0 Å². The van der Waals surface area contributed by atoms with Crippen molar-refractivity contribution in [2.24, 2.45) is 0 Å². The number of hydrogen-bond donors (Lipinski definition) is 0. The van der Waals surface area contributed by atoms with Gasteiger partial charge in [-0.2, -0.15) is 0 Å². The summed E-state index contributed by atoms with van der Waals surface area (Å²) in [6, 6.07) is 3.73. The Balaban J connectivity index is 2.85. The van der Waals surface area contributed by atoms with Crippen LogP contribution in [0, 0.1) is 0 Å². The number of pyridine rings is 1. The second-order valence-electron chi connectivity index (χ2n) is 1.44. The Morgan fingerprint density at radius 3 is 2.56 bits per heavy atom. The zero-order chi connectivity index (χ0) is 6.69. The molecule has 0 atom stereocenters. The van der Waals surface area contributed by atoms with Gasteiger partial charge >= 0.3 is 66.5 Å². The van der Waals surface area contributed by atoms with E-state index < -0.39 is 12.8 Å². The van der Waals surface area contributed by atoms with Gasteiger partial charge in [-0.25, -0.2) is 0 Å². The van der Waals surface area contributed by atoms with Crippen LogP contribution in [0.25, 0.3) is 0 Å². The molecule has 1 rings (SSSR count). The summed E-state index contributed by atoms with van der Waals surface area (Å²) in [5.41, 5.74) is 0. The third-order valence-corrected chi connectivity index (χ3v) is 4.24. The molecule has 1 aromatic heterocycles. The van der Waals surface area contributed by atoms with Crippen LogP contribution < -0.4 is 4.35 Å². The Morgan fingerprint density at radius 2 is 2.22 bits per heavy atom. The second kappa shape index (κ2) is 3.46. The first-order chi connectivity index (χ1) is 4.30. The number of hydrogen-bond acceptors (Lipinski definition) is 1. The van der Waals surface area contributed by atoms with E-state index in [1.807, 2.05) is 12.1 Å². The van der Waals surface area contributed by atoms with Crippen molar-refractivity contribution in [2.45, 2.75) is 0 Å². The molecule has 0 aliphatic carbocycles. The Morgan fingerprint density at radius 1 is 1.44 bits per heavy atom. The molecule has 0 unspecified atom stereocenters. The summed E-state index contributed by atoms with van der Waals surface area (Å²) in [4.78, 5) is 3.87. The molecule has 1 heterocycles. The van der Waals surface area contributed by atoms with E-state index in [-0.39, 0.29) is 0 Å². The molecule has 0 saturated carbocycles. The molecule has 0 saturated heterocycles. The zero-order valence-electron chi connectivity index (χ0n) is 4.46. The molecule has 9 heavy (non-hydrogen) atoms. The summed E-state index contributed by atoms with van der Waals surface area (Å²) >= 11 is -1.71. The molecule has 0 aliphatic heterocycles. The van der Waals surface area contributed by atoms with Gasteiger partial charge in [0.2, 0.25) is 0 Å². The monoisotopic (exact) mass is 223 g/mol. The van der Waals surface area contributed by atoms with Crippen LogP contribution in [0.5, 0.6) is 0 Å². The fourth-order valence-corrected chi connectivity index (χ4v) is 2.23. The molecule has 48 valence electrons. The summed E-state index contributed by atoms with van der Waals surface area (Å²) < 4.78 is 0.980. The van der Waals surface area contributed by atoms with E-state index in [4.69, 9.17) is 19.9 Å². The van der Waals surface area contributed by atoms with E-state index in [1.165, 1.54) is 0 Å². The van der Waals surface area contributed by atoms with Gasteiger partial charge in [-0.3, -0.25) is 0 Å². The van der Waals surface area contributed by atoms with Crippen LogP contribution in [0.2, 0.25) is 0 Å². The van der Waals surface area contributed by atoms with Gasteiger partial charge in [0, 0.05) is 0 Å². The molecule has 1 nitrogen and oxygen atoms in total. The van der Waals surface area contributed by atoms with E-state index in [0.717, 1.165) is 4.35 Å². The summed E-state index contributed by atoms with van der Waals surface area (Å²) in [5.74, 6) is 0. The maximum atomic E-state index is 5.67. The van der Waals surface area contributed by atoms with Crippen LogP contribution in [0.1, 0.15) is 0 Å². The summed E-state index contributed by atoms with van der Waals surface area (Å²) in [6.45, 7) is 0. The van der Waals surface area contributed by atoms with Crippen LogP contribution in [-0.4, -0.2) is 17.8 Å². The molecule has 0 radical (unpaired) electrons. The predicted octanol–water partition coefficient (Wildman–Crippen LogP) is 1.25. The average molecular weight is 224 g/mol. The van der Waals surface area contributed by atoms with Gasteiger partial charge in [0.15, 0.2) is 0 Å². The fraction of sp³-hybridized carbons (Fsp3) is 0. The van der Waals surface area contributed by atoms with Gasteiger partial charge in [-0.1, -0.05) is 0 Å². The van der Waals surface area contributed by atoms with Gasteiger partial charge in [-0.15, -0.1) is 0 Å². The van der Waals surface area contributed by atoms with Crippen LogP contribution in [0.3, 0.4) is 0 Å². The third-order valence-electron chi connectivity index (χ3n) is 0.841. The van der Waals surface area contributed by atoms with Crippen molar-refractivity contribution in [3.8, 4) is 0 Å². The average Bonchev–Trinajstić information content (AvgIpc) is 1.90. The molecular weight excluding hydrogens is 220 g/mol. The first-order valence-electron chi connectivity index (χ1n) is 2.32. The molecule has 0 amide bonds. The Labute approximate surface area is 66.6 Å². The van der Waals surface area contributed by atoms with E-state index in [2.05, 4.69) is 4.98 Å². The summed E-state index contributed by atoms with van der Waals surface area (Å²) in [7, 11) is 11.3. The van der Waals surface area contributed by atoms with Gasteiger partial charge in [0.1, 0.15) is 0 Å². The van der Waals surface area contributed by atoms with Crippen molar-refractivity contribution < 1.29 is 0 Å². The van der Waals surface area contributed by atoms with Crippen LogP contribution in [0.15, 0.2) is 24.5 Å². The second-order valence-corrected chi connectivity index (χ2v) is 7.92. The van der Waals surface area contributed by atoms with E-state index >= 15 is 0 Å². The van der Waals surface area contributed by atoms with Crippen molar-refractivity contribution in [3.63, 3.8) is 0 Å². The van der Waals surface area contributed by atoms with Crippen molar-refractivity contribution in [1.82, 2.24) is 4.98 Å². The summed E-state index contributed by atoms with van der Waals surface area (Å²) in [5, 5.41) is 0. The molecule has 1 aromatic rings. The number of rotatable bonds is 1. The number of nitrogens with zero attached hydrogens (tertiary/aromatic N) is 1. The molecule has 0 fully saturated rings. The molecule has 4 heteroatoms. The van der Waals surface area contributed by atoms with E-state index in [0.29, 0.717) is 0 Å². The molecule has 0 aliphatic rings. The standard InChI is InChI=1S/C5H4AsCl2N/c7-6(8)5-2-1-3-9-4-5/h1-4H.